The van der Waals surface area contributed by atoms with Crippen molar-refractivity contribution in [3.05, 3.63) is 124 Å². The molecule has 4 N–H and O–H groups in total. The first-order valence-corrected chi connectivity index (χ1v) is 18.9. The number of imide groups is 2. The quantitative estimate of drug-likeness (QED) is 0.104. The van der Waals surface area contributed by atoms with E-state index in [1.807, 2.05) is 18.2 Å². The molecule has 2 saturated heterocycles. The highest BCUT2D eigenvalue weighted by Crippen LogP contribution is 2.64. The monoisotopic (exact) mass is 795 g/mol. The van der Waals surface area contributed by atoms with Gasteiger partial charge in [-0.1, -0.05) is 71.2 Å². The van der Waals surface area contributed by atoms with Gasteiger partial charge in [-0.15, -0.1) is 0 Å². The number of methoxy groups -OCH3 is 1. The van der Waals surface area contributed by atoms with E-state index in [0.717, 1.165) is 15.5 Å². The third-order valence-electron chi connectivity index (χ3n) is 11.6. The molecule has 3 fully saturated rings. The van der Waals surface area contributed by atoms with Crippen molar-refractivity contribution >= 4 is 70.8 Å². The molecule has 4 aromatic rings. The predicted octanol–water partition coefficient (Wildman–Crippen LogP) is 4.24. The fourth-order valence-corrected chi connectivity index (χ4v) is 9.67. The number of aliphatic hydroxyl groups is 1. The van der Waals surface area contributed by atoms with Crippen LogP contribution in [-0.2, 0) is 24.6 Å². The Morgan fingerprint density at radius 2 is 1.61 bits per heavy atom. The number of rotatable bonds is 10. The fourth-order valence-electron chi connectivity index (χ4n) is 9.22. The van der Waals surface area contributed by atoms with E-state index in [4.69, 9.17) is 32.7 Å². The largest absolute Gasteiger partial charge is 0.497 e. The molecule has 0 bridgehead atoms. The molecule has 2 aliphatic heterocycles. The van der Waals surface area contributed by atoms with Gasteiger partial charge >= 0.3 is 7.12 Å². The molecule has 0 aromatic heterocycles. The minimum absolute atomic E-state index is 0.0621. The molecule has 0 spiro atoms. The summed E-state index contributed by atoms with van der Waals surface area (Å²) in [5.74, 6) is -5.03. The van der Waals surface area contributed by atoms with E-state index >= 15 is 4.79 Å². The zero-order chi connectivity index (χ0) is 39.5. The molecule has 15 heteroatoms. The summed E-state index contributed by atoms with van der Waals surface area (Å²) >= 11 is 12.7. The van der Waals surface area contributed by atoms with Gasteiger partial charge in [-0.25, -0.2) is 0 Å². The molecule has 4 amide bonds. The molecular weight excluding hydrogens is 760 g/mol. The van der Waals surface area contributed by atoms with Gasteiger partial charge in [0, 0.05) is 10.9 Å². The summed E-state index contributed by atoms with van der Waals surface area (Å²) in [6, 6.07) is 24.8. The van der Waals surface area contributed by atoms with Crippen LogP contribution in [0.25, 0.3) is 0 Å². The third-order valence-corrected chi connectivity index (χ3v) is 12.1. The second-order valence-electron chi connectivity index (χ2n) is 14.3. The standard InChI is InChI=1S/C41H36BCl2N3O9/c1-55-27-12-7-23(8-13-27)41-32(38(50)47(40(41)52)45-34-16-9-25(43)20-33(34)44)21-31-29(36(41)22-5-10-28(11-6-22)56-18-17-48)14-15-30-35(31)39(51)46(37(30)49)26-4-2-3-24(19-26)42(53)54/h2-14,16,19-20,30-32,35-36,45,48,53-54H,15,17-18,21H2,1H3/t30-,31+,32-,35-,36-,41+/m0/s1. The van der Waals surface area contributed by atoms with E-state index in [-0.39, 0.29) is 47.9 Å². The fraction of sp³-hybridized carbons (Fsp3) is 0.268. The summed E-state index contributed by atoms with van der Waals surface area (Å²) in [7, 11) is -0.278. The van der Waals surface area contributed by atoms with Gasteiger partial charge < -0.3 is 24.6 Å². The van der Waals surface area contributed by atoms with Crippen LogP contribution in [0.1, 0.15) is 29.9 Å². The molecule has 8 rings (SSSR count). The molecule has 2 aliphatic carbocycles. The van der Waals surface area contributed by atoms with Crippen LogP contribution in [0.3, 0.4) is 0 Å². The lowest BCUT2D eigenvalue weighted by Crippen LogP contribution is -2.53. The Balaban J connectivity index is 1.30. The van der Waals surface area contributed by atoms with E-state index in [1.165, 1.54) is 25.3 Å². The van der Waals surface area contributed by atoms with Gasteiger partial charge in [0.25, 0.3) is 11.8 Å². The number of anilines is 2. The summed E-state index contributed by atoms with van der Waals surface area (Å²) in [5.41, 5.74) is 4.02. The molecular formula is C41H36BCl2N3O9. The van der Waals surface area contributed by atoms with Gasteiger partial charge in [0.2, 0.25) is 11.8 Å². The van der Waals surface area contributed by atoms with Crippen LogP contribution in [0, 0.1) is 23.7 Å². The highest BCUT2D eigenvalue weighted by Gasteiger charge is 2.70. The number of fused-ring (bicyclic) bond motifs is 4. The van der Waals surface area contributed by atoms with Crippen molar-refractivity contribution in [2.75, 3.05) is 30.6 Å². The van der Waals surface area contributed by atoms with E-state index < -0.39 is 65.8 Å². The number of nitrogens with zero attached hydrogens (tertiary/aromatic N) is 2. The average molecular weight is 796 g/mol. The number of halogens is 2. The average Bonchev–Trinajstić information content (AvgIpc) is 3.58. The molecule has 1 saturated carbocycles. The molecule has 0 radical (unpaired) electrons. The SMILES string of the molecule is COc1ccc([C@@]23C(=O)N(Nc4ccc(Cl)cc4Cl)C(=O)[C@@H]2C[C@@H]2C(=CC[C@@H]4C(=O)N(c5cccc(B(O)O)c5)C(=O)[C@@H]42)[C@@H]3c2ccc(OCCO)cc2)cc1. The maximum atomic E-state index is 15.4. The number of hydrogen-bond acceptors (Lipinski definition) is 10. The number of amides is 4. The Morgan fingerprint density at radius 1 is 0.875 bits per heavy atom. The summed E-state index contributed by atoms with van der Waals surface area (Å²) in [5, 5.41) is 30.6. The van der Waals surface area contributed by atoms with Crippen LogP contribution < -0.4 is 25.3 Å². The van der Waals surface area contributed by atoms with E-state index in [0.29, 0.717) is 27.6 Å². The van der Waals surface area contributed by atoms with Crippen LogP contribution in [0.4, 0.5) is 11.4 Å². The Morgan fingerprint density at radius 3 is 2.29 bits per heavy atom. The van der Waals surface area contributed by atoms with Crippen molar-refractivity contribution < 1.29 is 43.8 Å². The topological polar surface area (TPSA) is 166 Å². The number of benzene rings is 4. The van der Waals surface area contributed by atoms with Crippen molar-refractivity contribution in [2.45, 2.75) is 24.2 Å². The molecule has 4 aromatic carbocycles. The molecule has 12 nitrogen and oxygen atoms in total. The summed E-state index contributed by atoms with van der Waals surface area (Å²) in [6.07, 6.45) is 2.20. The van der Waals surface area contributed by atoms with Gasteiger partial charge in [-0.3, -0.25) is 29.5 Å². The maximum absolute atomic E-state index is 15.4. The van der Waals surface area contributed by atoms with Gasteiger partial charge in [0.05, 0.1) is 53.3 Å². The van der Waals surface area contributed by atoms with Gasteiger partial charge in [0.1, 0.15) is 18.1 Å². The summed E-state index contributed by atoms with van der Waals surface area (Å²) in [4.78, 5) is 60.2. The Bertz CT molecular complexity index is 2270. The normalized spacial score (nSPS) is 25.4. The minimum atomic E-state index is -1.81. The molecule has 0 unspecified atom stereocenters. The van der Waals surface area contributed by atoms with Crippen LogP contribution in [-0.4, -0.2) is 71.2 Å². The van der Waals surface area contributed by atoms with Crippen LogP contribution in [0.15, 0.2) is 103 Å². The van der Waals surface area contributed by atoms with E-state index in [2.05, 4.69) is 5.43 Å². The van der Waals surface area contributed by atoms with Gasteiger partial charge in [-0.05, 0) is 89.9 Å². The molecule has 56 heavy (non-hydrogen) atoms. The lowest BCUT2D eigenvalue weighted by Gasteiger charge is -2.50. The number of hydrazine groups is 1. The zero-order valence-electron chi connectivity index (χ0n) is 30.0. The first-order chi connectivity index (χ1) is 27.0. The van der Waals surface area contributed by atoms with Crippen LogP contribution >= 0.6 is 23.2 Å². The zero-order valence-corrected chi connectivity index (χ0v) is 31.5. The van der Waals surface area contributed by atoms with Gasteiger partial charge in [-0.2, -0.15) is 5.01 Å². The second kappa shape index (κ2) is 14.7. The maximum Gasteiger partial charge on any atom is 0.488 e. The first-order valence-electron chi connectivity index (χ1n) is 18.1. The van der Waals surface area contributed by atoms with Crippen LogP contribution in [0.2, 0.25) is 10.0 Å². The molecule has 4 aliphatic rings. The first kappa shape index (κ1) is 37.7. The number of aliphatic hydroxyl groups excluding tert-OH is 1. The van der Waals surface area contributed by atoms with E-state index in [9.17, 15) is 29.5 Å². The van der Waals surface area contributed by atoms with Crippen molar-refractivity contribution in [1.82, 2.24) is 5.01 Å². The lowest BCUT2D eigenvalue weighted by atomic mass is 9.49. The highest BCUT2D eigenvalue weighted by atomic mass is 35.5. The van der Waals surface area contributed by atoms with Crippen molar-refractivity contribution in [1.29, 1.82) is 0 Å². The number of carbonyl (C=O) groups excluding carboxylic acids is 4. The van der Waals surface area contributed by atoms with Gasteiger partial charge in [0.15, 0.2) is 0 Å². The Hall–Kier alpha value is -5.18. The number of allylic oxidation sites excluding steroid dienone is 2. The number of hydrogen-bond donors (Lipinski definition) is 4. The Labute approximate surface area is 332 Å². The Kier molecular flexibility index (Phi) is 9.92. The van der Waals surface area contributed by atoms with Crippen molar-refractivity contribution in [2.24, 2.45) is 23.7 Å². The lowest BCUT2D eigenvalue weighted by molar-refractivity contribution is -0.138. The van der Waals surface area contributed by atoms with E-state index in [1.54, 1.807) is 60.7 Å². The summed E-state index contributed by atoms with van der Waals surface area (Å²) < 4.78 is 11.1. The molecule has 2 heterocycles. The van der Waals surface area contributed by atoms with Crippen molar-refractivity contribution in [3.8, 4) is 11.5 Å². The highest BCUT2D eigenvalue weighted by molar-refractivity contribution is 6.58. The number of carbonyl (C=O) groups is 4. The smallest absolute Gasteiger partial charge is 0.488 e. The molecule has 6 atom stereocenters. The second-order valence-corrected chi connectivity index (χ2v) is 15.2. The third kappa shape index (κ3) is 5.97. The number of ether oxygens (including phenoxy) is 2. The minimum Gasteiger partial charge on any atom is -0.497 e. The number of nitrogens with one attached hydrogen (secondary N) is 1. The molecule has 286 valence electrons. The van der Waals surface area contributed by atoms with Crippen molar-refractivity contribution in [3.63, 3.8) is 0 Å². The summed E-state index contributed by atoms with van der Waals surface area (Å²) in [6.45, 7) is -0.111. The predicted molar refractivity (Wildman–Crippen MR) is 208 cm³/mol. The van der Waals surface area contributed by atoms with Crippen LogP contribution in [0.5, 0.6) is 11.5 Å².